The average Bonchev–Trinajstić information content (AvgIpc) is 2.96. The monoisotopic (exact) mass is 287 g/mol. The van der Waals surface area contributed by atoms with Crippen LogP contribution in [0.5, 0.6) is 0 Å². The molecule has 0 fully saturated rings. The lowest BCUT2D eigenvalue weighted by atomic mass is 10.1. The highest BCUT2D eigenvalue weighted by Crippen LogP contribution is 2.15. The fourth-order valence-corrected chi connectivity index (χ4v) is 2.13. The van der Waals surface area contributed by atoms with E-state index in [1.807, 2.05) is 49.3 Å². The molecule has 0 saturated carbocycles. The number of nitrogens with one attached hydrogen (secondary N) is 1. The van der Waals surface area contributed by atoms with Crippen LogP contribution in [-0.4, -0.2) is 31.4 Å². The molecule has 1 unspecified atom stereocenters. The van der Waals surface area contributed by atoms with Crippen molar-refractivity contribution in [1.82, 2.24) is 10.2 Å². The highest BCUT2D eigenvalue weighted by Gasteiger charge is 2.17. The minimum atomic E-state index is -0.158. The smallest absolute Gasteiger partial charge is 0.255 e. The molecule has 2 aromatic rings. The van der Waals surface area contributed by atoms with Gasteiger partial charge < -0.3 is 20.4 Å². The lowest BCUT2D eigenvalue weighted by Crippen LogP contribution is -2.35. The van der Waals surface area contributed by atoms with Crippen LogP contribution in [-0.2, 0) is 6.54 Å². The Morgan fingerprint density at radius 3 is 2.62 bits per heavy atom. The van der Waals surface area contributed by atoms with E-state index in [2.05, 4.69) is 5.32 Å². The lowest BCUT2D eigenvalue weighted by Gasteiger charge is -2.22. The number of benzene rings is 1. The van der Waals surface area contributed by atoms with Crippen molar-refractivity contribution in [2.24, 2.45) is 5.73 Å². The van der Waals surface area contributed by atoms with Crippen LogP contribution in [0.15, 0.2) is 47.1 Å². The van der Waals surface area contributed by atoms with Crippen LogP contribution in [0.3, 0.4) is 0 Å². The van der Waals surface area contributed by atoms with Gasteiger partial charge in [-0.3, -0.25) is 4.79 Å². The quantitative estimate of drug-likeness (QED) is 0.849. The van der Waals surface area contributed by atoms with Crippen LogP contribution >= 0.6 is 0 Å². The molecule has 0 bridgehead atoms. The molecular weight excluding hydrogens is 266 g/mol. The zero-order valence-electron chi connectivity index (χ0n) is 12.4. The predicted octanol–water partition coefficient (Wildman–Crippen LogP) is 1.77. The number of carbonyl (C=O) groups excluding carboxylic acids is 1. The van der Waals surface area contributed by atoms with Gasteiger partial charge in [-0.1, -0.05) is 30.3 Å². The largest absolute Gasteiger partial charge is 0.467 e. The Morgan fingerprint density at radius 1 is 1.33 bits per heavy atom. The standard InChI is InChI=1S/C16H21N3O2/c1-19(2)10-15(12-6-4-3-5-7-12)18-16(20)13-8-14(9-17)21-11-13/h3-8,11,15H,9-10,17H2,1-2H3,(H,18,20). The number of likely N-dealkylation sites (N-methyl/N-ethyl adjacent to an activating group) is 1. The SMILES string of the molecule is CN(C)CC(NC(=O)c1coc(CN)c1)c1ccccc1. The Morgan fingerprint density at radius 2 is 2.05 bits per heavy atom. The summed E-state index contributed by atoms with van der Waals surface area (Å²) in [7, 11) is 3.96. The van der Waals surface area contributed by atoms with E-state index in [0.717, 1.165) is 12.1 Å². The number of furan rings is 1. The van der Waals surface area contributed by atoms with Gasteiger partial charge in [0.1, 0.15) is 12.0 Å². The molecule has 0 aliphatic rings. The van der Waals surface area contributed by atoms with Gasteiger partial charge in [-0.2, -0.15) is 0 Å². The molecule has 5 nitrogen and oxygen atoms in total. The molecule has 1 aromatic heterocycles. The van der Waals surface area contributed by atoms with E-state index in [4.69, 9.17) is 10.2 Å². The number of hydrogen-bond donors (Lipinski definition) is 2. The molecule has 0 radical (unpaired) electrons. The second-order valence-corrected chi connectivity index (χ2v) is 5.20. The lowest BCUT2D eigenvalue weighted by molar-refractivity contribution is 0.0929. The van der Waals surface area contributed by atoms with Crippen molar-refractivity contribution in [2.75, 3.05) is 20.6 Å². The first-order chi connectivity index (χ1) is 10.1. The van der Waals surface area contributed by atoms with Gasteiger partial charge in [-0.15, -0.1) is 0 Å². The molecule has 2 rings (SSSR count). The molecule has 1 amide bonds. The number of carbonyl (C=O) groups is 1. The summed E-state index contributed by atoms with van der Waals surface area (Å²) in [5.41, 5.74) is 7.06. The summed E-state index contributed by atoms with van der Waals surface area (Å²) in [6.07, 6.45) is 1.44. The minimum absolute atomic E-state index is 0.0788. The number of amides is 1. The fraction of sp³-hybridized carbons (Fsp3) is 0.312. The maximum absolute atomic E-state index is 12.3. The van der Waals surface area contributed by atoms with E-state index < -0.39 is 0 Å². The van der Waals surface area contributed by atoms with Gasteiger partial charge in [0.15, 0.2) is 0 Å². The summed E-state index contributed by atoms with van der Waals surface area (Å²) in [4.78, 5) is 14.3. The third-order valence-corrected chi connectivity index (χ3v) is 3.17. The third-order valence-electron chi connectivity index (χ3n) is 3.17. The van der Waals surface area contributed by atoms with Crippen LogP contribution in [0, 0.1) is 0 Å². The van der Waals surface area contributed by atoms with Gasteiger partial charge in [0.2, 0.25) is 0 Å². The third kappa shape index (κ3) is 4.18. The van der Waals surface area contributed by atoms with Crippen LogP contribution in [0.4, 0.5) is 0 Å². The highest BCUT2D eigenvalue weighted by molar-refractivity contribution is 5.94. The molecule has 112 valence electrons. The van der Waals surface area contributed by atoms with Crippen LogP contribution in [0.25, 0.3) is 0 Å². The molecule has 0 aliphatic carbocycles. The van der Waals surface area contributed by atoms with E-state index in [1.54, 1.807) is 6.07 Å². The van der Waals surface area contributed by atoms with Gasteiger partial charge in [0, 0.05) is 6.54 Å². The molecule has 5 heteroatoms. The maximum atomic E-state index is 12.3. The van der Waals surface area contributed by atoms with Crippen molar-refractivity contribution in [3.05, 3.63) is 59.5 Å². The zero-order chi connectivity index (χ0) is 15.2. The Hall–Kier alpha value is -2.11. The number of nitrogens with two attached hydrogens (primary N) is 1. The van der Waals surface area contributed by atoms with E-state index in [-0.39, 0.29) is 18.5 Å². The number of rotatable bonds is 6. The van der Waals surface area contributed by atoms with E-state index in [9.17, 15) is 4.79 Å². The van der Waals surface area contributed by atoms with E-state index in [1.165, 1.54) is 6.26 Å². The van der Waals surface area contributed by atoms with Gasteiger partial charge in [-0.05, 0) is 25.7 Å². The Kier molecular flexibility index (Phi) is 5.14. The van der Waals surface area contributed by atoms with Crippen molar-refractivity contribution in [3.8, 4) is 0 Å². The zero-order valence-corrected chi connectivity index (χ0v) is 12.4. The molecule has 0 spiro atoms. The molecule has 21 heavy (non-hydrogen) atoms. The van der Waals surface area contributed by atoms with Crippen molar-refractivity contribution < 1.29 is 9.21 Å². The highest BCUT2D eigenvalue weighted by atomic mass is 16.3. The summed E-state index contributed by atoms with van der Waals surface area (Å²) in [5.74, 6) is 0.443. The Bertz CT molecular complexity index is 578. The summed E-state index contributed by atoms with van der Waals surface area (Å²) in [6.45, 7) is 1.00. The Labute approximate surface area is 124 Å². The van der Waals surface area contributed by atoms with Crippen LogP contribution in [0.2, 0.25) is 0 Å². The van der Waals surface area contributed by atoms with Gasteiger partial charge in [0.25, 0.3) is 5.91 Å². The number of hydrogen-bond acceptors (Lipinski definition) is 4. The second kappa shape index (κ2) is 7.06. The van der Waals surface area contributed by atoms with E-state index in [0.29, 0.717) is 11.3 Å². The topological polar surface area (TPSA) is 71.5 Å². The van der Waals surface area contributed by atoms with Gasteiger partial charge in [0.05, 0.1) is 18.2 Å². The average molecular weight is 287 g/mol. The molecule has 1 atom stereocenters. The van der Waals surface area contributed by atoms with Crippen LogP contribution in [0.1, 0.15) is 27.7 Å². The van der Waals surface area contributed by atoms with E-state index >= 15 is 0 Å². The van der Waals surface area contributed by atoms with Gasteiger partial charge >= 0.3 is 0 Å². The predicted molar refractivity (Wildman–Crippen MR) is 81.8 cm³/mol. The van der Waals surface area contributed by atoms with Crippen molar-refractivity contribution in [2.45, 2.75) is 12.6 Å². The minimum Gasteiger partial charge on any atom is -0.467 e. The Balaban J connectivity index is 2.13. The fourth-order valence-electron chi connectivity index (χ4n) is 2.13. The summed E-state index contributed by atoms with van der Waals surface area (Å²) in [5, 5.41) is 3.04. The molecule has 3 N–H and O–H groups in total. The summed E-state index contributed by atoms with van der Waals surface area (Å²) >= 11 is 0. The van der Waals surface area contributed by atoms with Crippen molar-refractivity contribution in [1.29, 1.82) is 0 Å². The summed E-state index contributed by atoms with van der Waals surface area (Å²) in [6, 6.07) is 11.5. The summed E-state index contributed by atoms with van der Waals surface area (Å²) < 4.78 is 5.21. The number of nitrogens with zero attached hydrogens (tertiary/aromatic N) is 1. The van der Waals surface area contributed by atoms with Crippen molar-refractivity contribution in [3.63, 3.8) is 0 Å². The molecule has 0 saturated heterocycles. The molecule has 1 aromatic carbocycles. The first-order valence-corrected chi connectivity index (χ1v) is 6.88. The first kappa shape index (κ1) is 15.3. The van der Waals surface area contributed by atoms with Gasteiger partial charge in [-0.25, -0.2) is 0 Å². The molecule has 0 aliphatic heterocycles. The normalized spacial score (nSPS) is 12.4. The molecule has 1 heterocycles. The van der Waals surface area contributed by atoms with Crippen molar-refractivity contribution >= 4 is 5.91 Å². The maximum Gasteiger partial charge on any atom is 0.255 e. The van der Waals surface area contributed by atoms with Crippen LogP contribution < -0.4 is 11.1 Å². The molecular formula is C16H21N3O2. The second-order valence-electron chi connectivity index (χ2n) is 5.20. The first-order valence-electron chi connectivity index (χ1n) is 6.88.